The van der Waals surface area contributed by atoms with Crippen LogP contribution in [0.2, 0.25) is 0 Å². The lowest BCUT2D eigenvalue weighted by atomic mass is 9.98. The second kappa shape index (κ2) is 9.04. The van der Waals surface area contributed by atoms with Crippen molar-refractivity contribution in [3.8, 4) is 11.3 Å². The maximum atomic E-state index is 4.65. The van der Waals surface area contributed by atoms with Gasteiger partial charge in [0.25, 0.3) is 0 Å². The molecule has 0 aliphatic carbocycles. The van der Waals surface area contributed by atoms with Crippen LogP contribution >= 0.6 is 12.6 Å². The van der Waals surface area contributed by atoms with Gasteiger partial charge in [-0.05, 0) is 62.3 Å². The van der Waals surface area contributed by atoms with E-state index in [4.69, 9.17) is 0 Å². The van der Waals surface area contributed by atoms with Crippen LogP contribution in [0.25, 0.3) is 22.3 Å². The fourth-order valence-electron chi connectivity index (χ4n) is 3.43. The Balaban J connectivity index is 0.000000139. The molecule has 1 fully saturated rings. The third kappa shape index (κ3) is 4.61. The van der Waals surface area contributed by atoms with E-state index in [2.05, 4.69) is 45.0 Å². The molecule has 0 radical (unpaired) electrons. The molecule has 1 aliphatic heterocycles. The minimum atomic E-state index is 0.610. The lowest BCUT2D eigenvalue weighted by Gasteiger charge is -2.20. The molecular formula is C23H24N4S. The van der Waals surface area contributed by atoms with Crippen LogP contribution in [0, 0.1) is 0 Å². The van der Waals surface area contributed by atoms with E-state index in [1.54, 1.807) is 6.20 Å². The summed E-state index contributed by atoms with van der Waals surface area (Å²) in [6.07, 6.45) is 4.18. The van der Waals surface area contributed by atoms with Gasteiger partial charge < -0.3 is 10.3 Å². The Morgan fingerprint density at radius 3 is 2.32 bits per heavy atom. The van der Waals surface area contributed by atoms with Crippen LogP contribution in [0.15, 0.2) is 77.8 Å². The van der Waals surface area contributed by atoms with Crippen molar-refractivity contribution >= 4 is 23.7 Å². The van der Waals surface area contributed by atoms with Gasteiger partial charge in [-0.3, -0.25) is 4.98 Å². The molecule has 2 N–H and O–H groups in total. The van der Waals surface area contributed by atoms with Gasteiger partial charge >= 0.3 is 0 Å². The molecule has 0 bridgehead atoms. The maximum Gasteiger partial charge on any atom is 0.110 e. The molecule has 0 saturated carbocycles. The summed E-state index contributed by atoms with van der Waals surface area (Å²) in [7, 11) is 0. The Morgan fingerprint density at radius 1 is 0.857 bits per heavy atom. The Hall–Kier alpha value is -2.63. The van der Waals surface area contributed by atoms with Crippen LogP contribution in [-0.4, -0.2) is 28.0 Å². The molecule has 28 heavy (non-hydrogen) atoms. The van der Waals surface area contributed by atoms with Gasteiger partial charge in [0.1, 0.15) is 5.82 Å². The fourth-order valence-corrected chi connectivity index (χ4v) is 3.58. The number of thiol groups is 1. The fraction of sp³-hybridized carbons (Fsp3) is 0.217. The predicted octanol–water partition coefficient (Wildman–Crippen LogP) is 5.07. The van der Waals surface area contributed by atoms with Gasteiger partial charge in [0.15, 0.2) is 0 Å². The van der Waals surface area contributed by atoms with Crippen LogP contribution < -0.4 is 5.32 Å². The standard InChI is InChI=1S/C12H15N3.C11H9NS/c1-2-4-11-10(3-1)14-12(15-11)9-5-7-13-8-6-9;13-10-6-4-9(5-7-10)11-3-1-2-8-12-11/h1-4,9,13H,5-8H2,(H,14,15);1-8,13H. The predicted molar refractivity (Wildman–Crippen MR) is 118 cm³/mol. The van der Waals surface area contributed by atoms with Crippen molar-refractivity contribution in [2.24, 2.45) is 0 Å². The molecule has 4 nitrogen and oxygen atoms in total. The minimum Gasteiger partial charge on any atom is -0.342 e. The third-order valence-electron chi connectivity index (χ3n) is 4.96. The van der Waals surface area contributed by atoms with Gasteiger partial charge in [0.05, 0.1) is 16.7 Å². The molecule has 0 atom stereocenters. The van der Waals surface area contributed by atoms with E-state index in [-0.39, 0.29) is 0 Å². The molecule has 0 spiro atoms. The summed E-state index contributed by atoms with van der Waals surface area (Å²) in [6, 6.07) is 22.1. The van der Waals surface area contributed by atoms with E-state index >= 15 is 0 Å². The molecule has 0 unspecified atom stereocenters. The highest BCUT2D eigenvalue weighted by atomic mass is 32.1. The number of pyridine rings is 1. The molecule has 0 amide bonds. The highest BCUT2D eigenvalue weighted by Gasteiger charge is 2.18. The van der Waals surface area contributed by atoms with E-state index in [0.29, 0.717) is 5.92 Å². The van der Waals surface area contributed by atoms with Crippen LogP contribution in [0.4, 0.5) is 0 Å². The van der Waals surface area contributed by atoms with Crippen LogP contribution in [0.5, 0.6) is 0 Å². The van der Waals surface area contributed by atoms with E-state index in [1.807, 2.05) is 54.6 Å². The molecule has 3 heterocycles. The number of aromatic amines is 1. The maximum absolute atomic E-state index is 4.65. The first-order chi connectivity index (χ1) is 13.8. The summed E-state index contributed by atoms with van der Waals surface area (Å²) in [5, 5.41) is 3.38. The number of para-hydroxylation sites is 2. The summed E-state index contributed by atoms with van der Waals surface area (Å²) in [5.74, 6) is 1.77. The summed E-state index contributed by atoms with van der Waals surface area (Å²) in [5.41, 5.74) is 4.37. The number of nitrogens with one attached hydrogen (secondary N) is 2. The zero-order valence-corrected chi connectivity index (χ0v) is 16.6. The Kier molecular flexibility index (Phi) is 6.04. The van der Waals surface area contributed by atoms with Gasteiger partial charge in [0, 0.05) is 22.6 Å². The first-order valence-corrected chi connectivity index (χ1v) is 10.1. The smallest absolute Gasteiger partial charge is 0.110 e. The van der Waals surface area contributed by atoms with Crippen molar-refractivity contribution in [1.29, 1.82) is 0 Å². The number of hydrogen-bond donors (Lipinski definition) is 3. The van der Waals surface area contributed by atoms with Crippen molar-refractivity contribution in [3.63, 3.8) is 0 Å². The average molecular weight is 389 g/mol. The van der Waals surface area contributed by atoms with E-state index in [1.165, 1.54) is 12.8 Å². The first kappa shape index (κ1) is 18.7. The summed E-state index contributed by atoms with van der Waals surface area (Å²) in [6.45, 7) is 2.23. The molecule has 2 aromatic carbocycles. The topological polar surface area (TPSA) is 53.6 Å². The average Bonchev–Trinajstić information content (AvgIpc) is 3.20. The Morgan fingerprint density at radius 2 is 1.61 bits per heavy atom. The van der Waals surface area contributed by atoms with Gasteiger partial charge in [-0.15, -0.1) is 12.6 Å². The van der Waals surface area contributed by atoms with Gasteiger partial charge in [-0.2, -0.15) is 0 Å². The quantitative estimate of drug-likeness (QED) is 0.420. The van der Waals surface area contributed by atoms with Gasteiger partial charge in [0.2, 0.25) is 0 Å². The van der Waals surface area contributed by atoms with Crippen molar-refractivity contribution in [1.82, 2.24) is 20.3 Å². The molecule has 5 heteroatoms. The molecule has 1 saturated heterocycles. The zero-order valence-electron chi connectivity index (χ0n) is 15.7. The normalized spacial score (nSPS) is 14.5. The number of imidazole rings is 1. The molecule has 2 aromatic heterocycles. The van der Waals surface area contributed by atoms with Crippen molar-refractivity contribution in [2.45, 2.75) is 23.7 Å². The molecule has 5 rings (SSSR count). The monoisotopic (exact) mass is 388 g/mol. The first-order valence-electron chi connectivity index (χ1n) is 9.65. The minimum absolute atomic E-state index is 0.610. The summed E-state index contributed by atoms with van der Waals surface area (Å²) < 4.78 is 0. The summed E-state index contributed by atoms with van der Waals surface area (Å²) >= 11 is 4.22. The number of aromatic nitrogens is 3. The second-order valence-corrected chi connectivity index (χ2v) is 7.44. The highest BCUT2D eigenvalue weighted by molar-refractivity contribution is 7.80. The molecular weight excluding hydrogens is 364 g/mol. The zero-order chi connectivity index (χ0) is 19.2. The van der Waals surface area contributed by atoms with Gasteiger partial charge in [-0.1, -0.05) is 30.3 Å². The molecule has 4 aromatic rings. The lowest BCUT2D eigenvalue weighted by molar-refractivity contribution is 0.448. The Bertz CT molecular complexity index is 973. The Labute approximate surface area is 170 Å². The van der Waals surface area contributed by atoms with E-state index in [0.717, 1.165) is 46.1 Å². The largest absolute Gasteiger partial charge is 0.342 e. The number of benzene rings is 2. The lowest BCUT2D eigenvalue weighted by Crippen LogP contribution is -2.27. The number of rotatable bonds is 2. The number of H-pyrrole nitrogens is 1. The number of hydrogen-bond acceptors (Lipinski definition) is 4. The van der Waals surface area contributed by atoms with Crippen molar-refractivity contribution < 1.29 is 0 Å². The second-order valence-electron chi connectivity index (χ2n) is 6.93. The molecule has 1 aliphatic rings. The number of nitrogens with zero attached hydrogens (tertiary/aromatic N) is 2. The summed E-state index contributed by atoms with van der Waals surface area (Å²) in [4.78, 5) is 13.3. The third-order valence-corrected chi connectivity index (χ3v) is 5.26. The van der Waals surface area contributed by atoms with Crippen LogP contribution in [0.1, 0.15) is 24.6 Å². The van der Waals surface area contributed by atoms with Crippen molar-refractivity contribution in [3.05, 3.63) is 78.8 Å². The highest BCUT2D eigenvalue weighted by Crippen LogP contribution is 2.24. The number of fused-ring (bicyclic) bond motifs is 1. The number of piperidine rings is 1. The molecule has 142 valence electrons. The van der Waals surface area contributed by atoms with Crippen LogP contribution in [0.3, 0.4) is 0 Å². The van der Waals surface area contributed by atoms with Crippen molar-refractivity contribution in [2.75, 3.05) is 13.1 Å². The van der Waals surface area contributed by atoms with E-state index < -0.39 is 0 Å². The SMILES string of the molecule is Sc1ccc(-c2ccccn2)cc1.c1ccc2[nH]c(C3CCNCC3)nc2c1. The van der Waals surface area contributed by atoms with Gasteiger partial charge in [-0.25, -0.2) is 4.98 Å². The van der Waals surface area contributed by atoms with Crippen LogP contribution in [-0.2, 0) is 0 Å². The van der Waals surface area contributed by atoms with E-state index in [9.17, 15) is 0 Å².